The summed E-state index contributed by atoms with van der Waals surface area (Å²) in [5, 5.41) is 15.5. The van der Waals surface area contributed by atoms with Gasteiger partial charge in [0.25, 0.3) is 0 Å². The number of phenols is 1. The number of aromatic hydroxyl groups is 1. The second kappa shape index (κ2) is 3.23. The maximum Gasteiger partial charge on any atom is 0.162 e. The number of H-pyrrole nitrogens is 1. The Kier molecular flexibility index (Phi) is 2.03. The van der Waals surface area contributed by atoms with Gasteiger partial charge in [0.15, 0.2) is 11.6 Å². The van der Waals surface area contributed by atoms with Crippen LogP contribution in [-0.2, 0) is 0 Å². The molecule has 4 nitrogen and oxygen atoms in total. The van der Waals surface area contributed by atoms with Crippen molar-refractivity contribution in [1.82, 2.24) is 10.2 Å². The SMILES string of the molecule is Nc1cc(-c2cc(F)c(F)cc2O)[nH]n1. The van der Waals surface area contributed by atoms with Crippen LogP contribution in [-0.4, -0.2) is 15.3 Å². The third-order valence-corrected chi connectivity index (χ3v) is 1.93. The van der Waals surface area contributed by atoms with Crippen LogP contribution < -0.4 is 5.73 Å². The zero-order valence-electron chi connectivity index (χ0n) is 7.46. The van der Waals surface area contributed by atoms with Gasteiger partial charge in [-0.1, -0.05) is 0 Å². The fourth-order valence-corrected chi connectivity index (χ4v) is 1.23. The normalized spacial score (nSPS) is 10.5. The van der Waals surface area contributed by atoms with E-state index in [1.54, 1.807) is 0 Å². The molecule has 0 radical (unpaired) electrons. The number of aromatic amines is 1. The third kappa shape index (κ3) is 1.61. The zero-order chi connectivity index (χ0) is 11.0. The number of benzene rings is 1. The van der Waals surface area contributed by atoms with Gasteiger partial charge in [0.1, 0.15) is 11.6 Å². The number of hydrogen-bond donors (Lipinski definition) is 3. The van der Waals surface area contributed by atoms with Crippen LogP contribution in [0.5, 0.6) is 5.75 Å². The molecule has 0 amide bonds. The number of anilines is 1. The Balaban J connectivity index is 2.58. The first-order valence-electron chi connectivity index (χ1n) is 4.07. The Morgan fingerprint density at radius 1 is 1.20 bits per heavy atom. The van der Waals surface area contributed by atoms with Gasteiger partial charge in [-0.05, 0) is 6.07 Å². The van der Waals surface area contributed by atoms with E-state index in [0.29, 0.717) is 11.8 Å². The van der Waals surface area contributed by atoms with Crippen LogP contribution in [0.15, 0.2) is 18.2 Å². The molecule has 0 bridgehead atoms. The van der Waals surface area contributed by atoms with E-state index in [-0.39, 0.29) is 17.1 Å². The maximum atomic E-state index is 12.9. The van der Waals surface area contributed by atoms with E-state index in [2.05, 4.69) is 10.2 Å². The average molecular weight is 211 g/mol. The predicted molar refractivity (Wildman–Crippen MR) is 50.0 cm³/mol. The molecule has 1 aromatic carbocycles. The number of hydrogen-bond acceptors (Lipinski definition) is 3. The number of nitrogens with zero attached hydrogens (tertiary/aromatic N) is 1. The second-order valence-electron chi connectivity index (χ2n) is 2.99. The lowest BCUT2D eigenvalue weighted by Crippen LogP contribution is -1.87. The van der Waals surface area contributed by atoms with Crippen molar-refractivity contribution in [2.24, 2.45) is 0 Å². The van der Waals surface area contributed by atoms with Gasteiger partial charge < -0.3 is 10.8 Å². The first kappa shape index (κ1) is 9.45. The zero-order valence-corrected chi connectivity index (χ0v) is 7.46. The topological polar surface area (TPSA) is 74.9 Å². The van der Waals surface area contributed by atoms with Crippen molar-refractivity contribution in [2.75, 3.05) is 5.73 Å². The summed E-state index contributed by atoms with van der Waals surface area (Å²) < 4.78 is 25.6. The van der Waals surface area contributed by atoms with E-state index in [0.717, 1.165) is 6.07 Å². The number of aromatic nitrogens is 2. The number of rotatable bonds is 1. The Morgan fingerprint density at radius 3 is 2.47 bits per heavy atom. The summed E-state index contributed by atoms with van der Waals surface area (Å²) in [4.78, 5) is 0. The van der Waals surface area contributed by atoms with Gasteiger partial charge in [-0.3, -0.25) is 5.10 Å². The smallest absolute Gasteiger partial charge is 0.162 e. The molecule has 0 saturated carbocycles. The van der Waals surface area contributed by atoms with Crippen molar-refractivity contribution >= 4 is 5.82 Å². The van der Waals surface area contributed by atoms with Crippen LogP contribution in [0.3, 0.4) is 0 Å². The minimum Gasteiger partial charge on any atom is -0.507 e. The van der Waals surface area contributed by atoms with Gasteiger partial charge in [-0.2, -0.15) is 5.10 Å². The van der Waals surface area contributed by atoms with E-state index >= 15 is 0 Å². The van der Waals surface area contributed by atoms with Gasteiger partial charge in [0.2, 0.25) is 0 Å². The molecule has 0 unspecified atom stereocenters. The molecule has 0 fully saturated rings. The molecule has 78 valence electrons. The van der Waals surface area contributed by atoms with Crippen molar-refractivity contribution in [3.05, 3.63) is 29.8 Å². The Labute approximate surface area is 83.4 Å². The average Bonchev–Trinajstić information content (AvgIpc) is 2.58. The molecule has 0 atom stereocenters. The highest BCUT2D eigenvalue weighted by Crippen LogP contribution is 2.30. The molecule has 4 N–H and O–H groups in total. The standard InChI is InChI=1S/C9H7F2N3O/c10-5-1-4(8(15)2-6(5)11)7-3-9(12)14-13-7/h1-3,15H,(H3,12,13,14). The third-order valence-electron chi connectivity index (χ3n) is 1.93. The minimum atomic E-state index is -1.11. The Morgan fingerprint density at radius 2 is 1.87 bits per heavy atom. The van der Waals surface area contributed by atoms with Crippen LogP contribution in [0.2, 0.25) is 0 Å². The first-order chi connectivity index (χ1) is 7.08. The molecule has 2 aromatic rings. The van der Waals surface area contributed by atoms with Crippen molar-refractivity contribution in [3.8, 4) is 17.0 Å². The first-order valence-corrected chi connectivity index (χ1v) is 4.07. The quantitative estimate of drug-likeness (QED) is 0.671. The summed E-state index contributed by atoms with van der Waals surface area (Å²) in [6.07, 6.45) is 0. The molecule has 1 heterocycles. The fourth-order valence-electron chi connectivity index (χ4n) is 1.23. The van der Waals surface area contributed by atoms with Crippen LogP contribution >= 0.6 is 0 Å². The summed E-state index contributed by atoms with van der Waals surface area (Å²) in [7, 11) is 0. The van der Waals surface area contributed by atoms with E-state index in [1.807, 2.05) is 0 Å². The van der Waals surface area contributed by atoms with E-state index < -0.39 is 11.6 Å². The Hall–Kier alpha value is -2.11. The van der Waals surface area contributed by atoms with Gasteiger partial charge >= 0.3 is 0 Å². The fraction of sp³-hybridized carbons (Fsp3) is 0. The van der Waals surface area contributed by atoms with Gasteiger partial charge in [-0.25, -0.2) is 8.78 Å². The van der Waals surface area contributed by atoms with Crippen molar-refractivity contribution in [3.63, 3.8) is 0 Å². The van der Waals surface area contributed by atoms with E-state index in [9.17, 15) is 13.9 Å². The van der Waals surface area contributed by atoms with Crippen LogP contribution in [0, 0.1) is 11.6 Å². The molecule has 1 aromatic heterocycles. The van der Waals surface area contributed by atoms with Gasteiger partial charge in [0.05, 0.1) is 5.69 Å². The number of phenolic OH excluding ortho intramolecular Hbond substituents is 1. The summed E-state index contributed by atoms with van der Waals surface area (Å²) >= 11 is 0. The largest absolute Gasteiger partial charge is 0.507 e. The number of nitrogens with one attached hydrogen (secondary N) is 1. The number of halogens is 2. The predicted octanol–water partition coefficient (Wildman–Crippen LogP) is 1.64. The molecule has 0 aliphatic carbocycles. The highest BCUT2D eigenvalue weighted by molar-refractivity contribution is 5.68. The summed E-state index contributed by atoms with van der Waals surface area (Å²) in [6, 6.07) is 2.98. The highest BCUT2D eigenvalue weighted by atomic mass is 19.2. The van der Waals surface area contributed by atoms with Crippen LogP contribution in [0.4, 0.5) is 14.6 Å². The molecular weight excluding hydrogens is 204 g/mol. The lowest BCUT2D eigenvalue weighted by Gasteiger charge is -2.02. The molecule has 6 heteroatoms. The van der Waals surface area contributed by atoms with Crippen molar-refractivity contribution in [1.29, 1.82) is 0 Å². The van der Waals surface area contributed by atoms with Crippen LogP contribution in [0.25, 0.3) is 11.3 Å². The summed E-state index contributed by atoms with van der Waals surface area (Å²) in [6.45, 7) is 0. The van der Waals surface area contributed by atoms with Crippen molar-refractivity contribution in [2.45, 2.75) is 0 Å². The maximum absolute atomic E-state index is 12.9. The molecule has 15 heavy (non-hydrogen) atoms. The number of nitrogen functional groups attached to an aromatic ring is 1. The molecule has 0 spiro atoms. The highest BCUT2D eigenvalue weighted by Gasteiger charge is 2.12. The molecule has 0 aliphatic heterocycles. The molecule has 2 rings (SSSR count). The minimum absolute atomic E-state index is 0.109. The van der Waals surface area contributed by atoms with Crippen LogP contribution in [0.1, 0.15) is 0 Å². The lowest BCUT2D eigenvalue weighted by molar-refractivity contribution is 0.456. The van der Waals surface area contributed by atoms with E-state index in [4.69, 9.17) is 5.73 Å². The Bertz CT molecular complexity index is 510. The van der Waals surface area contributed by atoms with Crippen molar-refractivity contribution < 1.29 is 13.9 Å². The van der Waals surface area contributed by atoms with E-state index in [1.165, 1.54) is 6.07 Å². The molecule has 0 aliphatic rings. The van der Waals surface area contributed by atoms with Gasteiger partial charge in [-0.15, -0.1) is 0 Å². The molecular formula is C9H7F2N3O. The summed E-state index contributed by atoms with van der Waals surface area (Å²) in [5.74, 6) is -2.33. The number of nitrogens with two attached hydrogens (primary N) is 1. The molecule has 0 saturated heterocycles. The van der Waals surface area contributed by atoms with Gasteiger partial charge in [0, 0.05) is 17.7 Å². The second-order valence-corrected chi connectivity index (χ2v) is 2.99. The summed E-state index contributed by atoms with van der Waals surface area (Å²) in [5.41, 5.74) is 5.77. The monoisotopic (exact) mass is 211 g/mol. The lowest BCUT2D eigenvalue weighted by atomic mass is 10.1.